The van der Waals surface area contributed by atoms with Crippen LogP contribution in [0.4, 0.5) is 4.79 Å². The Morgan fingerprint density at radius 2 is 1.78 bits per heavy atom. The Kier molecular flexibility index (Phi) is 6.24. The lowest BCUT2D eigenvalue weighted by Gasteiger charge is -2.41. The third-order valence-electron chi connectivity index (χ3n) is 7.20. The van der Waals surface area contributed by atoms with Crippen molar-refractivity contribution in [3.8, 4) is 5.75 Å². The number of likely N-dealkylation sites (N-methyl/N-ethyl adjacent to an activating group) is 1. The van der Waals surface area contributed by atoms with Gasteiger partial charge in [0.25, 0.3) is 5.91 Å². The number of ether oxygens (including phenoxy) is 1. The summed E-state index contributed by atoms with van der Waals surface area (Å²) in [7, 11) is 3.20. The maximum Gasteiger partial charge on any atom is 0.324 e. The highest BCUT2D eigenvalue weighted by Gasteiger charge is 2.54. The zero-order chi connectivity index (χ0) is 22.9. The molecule has 1 unspecified atom stereocenters. The van der Waals surface area contributed by atoms with E-state index >= 15 is 0 Å². The Hall–Kier alpha value is -2.86. The monoisotopic (exact) mass is 435 g/mol. The summed E-state index contributed by atoms with van der Waals surface area (Å²) in [6, 6.07) is 14.1. The Labute approximate surface area is 190 Å². The van der Waals surface area contributed by atoms with Crippen LogP contribution in [0.15, 0.2) is 42.5 Å². The first-order valence-corrected chi connectivity index (χ1v) is 11.3. The van der Waals surface area contributed by atoms with Crippen molar-refractivity contribution >= 4 is 11.9 Å². The molecule has 0 saturated carbocycles. The molecule has 0 bridgehead atoms. The minimum atomic E-state index is -0.898. The van der Waals surface area contributed by atoms with Gasteiger partial charge in [-0.05, 0) is 80.1 Å². The molecule has 2 heterocycles. The smallest absolute Gasteiger partial charge is 0.324 e. The second-order valence-electron chi connectivity index (χ2n) is 9.26. The summed E-state index contributed by atoms with van der Waals surface area (Å²) in [4.78, 5) is 29.5. The first-order chi connectivity index (χ1) is 15.3. The van der Waals surface area contributed by atoms with Crippen LogP contribution in [0.25, 0.3) is 0 Å². The maximum atomic E-state index is 13.3. The van der Waals surface area contributed by atoms with Gasteiger partial charge in [-0.15, -0.1) is 0 Å². The topological polar surface area (TPSA) is 61.9 Å². The summed E-state index contributed by atoms with van der Waals surface area (Å²) < 4.78 is 5.36. The summed E-state index contributed by atoms with van der Waals surface area (Å²) >= 11 is 0. The number of benzene rings is 2. The number of hydrogen-bond donors (Lipinski definition) is 1. The van der Waals surface area contributed by atoms with Crippen molar-refractivity contribution in [2.24, 2.45) is 5.92 Å². The van der Waals surface area contributed by atoms with Crippen LogP contribution in [0.2, 0.25) is 0 Å². The summed E-state index contributed by atoms with van der Waals surface area (Å²) in [6.07, 6.45) is 2.21. The van der Waals surface area contributed by atoms with E-state index in [-0.39, 0.29) is 17.9 Å². The van der Waals surface area contributed by atoms with Gasteiger partial charge in [0.1, 0.15) is 11.3 Å². The molecule has 2 aliphatic rings. The molecule has 0 spiro atoms. The molecule has 0 aliphatic carbocycles. The van der Waals surface area contributed by atoms with Crippen molar-refractivity contribution in [2.75, 3.05) is 27.2 Å². The van der Waals surface area contributed by atoms with Crippen LogP contribution in [0.5, 0.6) is 5.75 Å². The molecule has 2 aromatic carbocycles. The summed E-state index contributed by atoms with van der Waals surface area (Å²) in [6.45, 7) is 7.01. The van der Waals surface area contributed by atoms with Crippen molar-refractivity contribution in [2.45, 2.75) is 45.2 Å². The molecule has 2 saturated heterocycles. The average Bonchev–Trinajstić information content (AvgIpc) is 3.01. The first kappa shape index (κ1) is 22.3. The molecular weight excluding hydrogens is 402 g/mol. The third-order valence-corrected chi connectivity index (χ3v) is 7.20. The average molecular weight is 436 g/mol. The van der Waals surface area contributed by atoms with Crippen molar-refractivity contribution in [1.82, 2.24) is 15.1 Å². The van der Waals surface area contributed by atoms with Crippen molar-refractivity contribution < 1.29 is 14.3 Å². The van der Waals surface area contributed by atoms with Gasteiger partial charge in [-0.3, -0.25) is 14.6 Å². The predicted octanol–water partition coefficient (Wildman–Crippen LogP) is 3.69. The van der Waals surface area contributed by atoms with E-state index in [1.165, 1.54) is 21.6 Å². The van der Waals surface area contributed by atoms with E-state index in [1.807, 2.05) is 24.3 Å². The zero-order valence-corrected chi connectivity index (χ0v) is 19.5. The molecule has 0 aromatic heterocycles. The number of carbonyl (C=O) groups excluding carboxylic acids is 2. The second-order valence-corrected chi connectivity index (χ2v) is 9.26. The van der Waals surface area contributed by atoms with E-state index in [2.05, 4.69) is 42.3 Å². The highest BCUT2D eigenvalue weighted by Crippen LogP contribution is 2.37. The Morgan fingerprint density at radius 1 is 1.03 bits per heavy atom. The lowest BCUT2D eigenvalue weighted by molar-refractivity contribution is -0.133. The van der Waals surface area contributed by atoms with Crippen LogP contribution in [0, 0.1) is 19.8 Å². The standard InChI is InChI=1S/C26H33N3O3/c1-18-8-9-21(14-19(18)2)17-29-12-10-22(11-13-29)26(24(30)28(3)25(31)27-26)16-20-6-5-7-23(15-20)32-4/h5-9,14-15,22H,10-13,16-17H2,1-4H3,(H,27,31). The number of piperidine rings is 1. The van der Waals surface area contributed by atoms with Crippen LogP contribution in [0.1, 0.15) is 35.1 Å². The molecule has 2 fully saturated rings. The number of imide groups is 1. The molecule has 170 valence electrons. The highest BCUT2D eigenvalue weighted by atomic mass is 16.5. The van der Waals surface area contributed by atoms with Crippen molar-refractivity contribution in [3.63, 3.8) is 0 Å². The number of rotatable bonds is 6. The van der Waals surface area contributed by atoms with Gasteiger partial charge in [0.05, 0.1) is 7.11 Å². The minimum Gasteiger partial charge on any atom is -0.497 e. The number of hydrogen-bond acceptors (Lipinski definition) is 4. The van der Waals surface area contributed by atoms with Crippen LogP contribution < -0.4 is 10.1 Å². The fraction of sp³-hybridized carbons (Fsp3) is 0.462. The van der Waals surface area contributed by atoms with Gasteiger partial charge in [-0.1, -0.05) is 30.3 Å². The van der Waals surface area contributed by atoms with Gasteiger partial charge in [-0.25, -0.2) is 4.79 Å². The van der Waals surface area contributed by atoms with E-state index in [9.17, 15) is 9.59 Å². The van der Waals surface area contributed by atoms with Gasteiger partial charge in [0.15, 0.2) is 0 Å². The predicted molar refractivity (Wildman–Crippen MR) is 125 cm³/mol. The van der Waals surface area contributed by atoms with Gasteiger partial charge in [0, 0.05) is 20.0 Å². The van der Waals surface area contributed by atoms with Crippen LogP contribution in [-0.2, 0) is 17.8 Å². The Bertz CT molecular complexity index is 1010. The van der Waals surface area contributed by atoms with Crippen LogP contribution >= 0.6 is 0 Å². The Balaban J connectivity index is 1.51. The number of methoxy groups -OCH3 is 1. The van der Waals surface area contributed by atoms with Crippen molar-refractivity contribution in [1.29, 1.82) is 0 Å². The molecule has 1 N–H and O–H groups in total. The SMILES string of the molecule is COc1cccc(CC2(C3CCN(Cc4ccc(C)c(C)c4)CC3)NC(=O)N(C)C2=O)c1. The number of urea groups is 1. The largest absolute Gasteiger partial charge is 0.497 e. The van der Waals surface area contributed by atoms with Gasteiger partial charge >= 0.3 is 6.03 Å². The molecule has 6 heteroatoms. The normalized spacial score (nSPS) is 22.3. The first-order valence-electron chi connectivity index (χ1n) is 11.3. The molecule has 6 nitrogen and oxygen atoms in total. The van der Waals surface area contributed by atoms with Gasteiger partial charge in [0.2, 0.25) is 0 Å². The van der Waals surface area contributed by atoms with Crippen molar-refractivity contribution in [3.05, 3.63) is 64.7 Å². The molecule has 3 amide bonds. The second kappa shape index (κ2) is 8.94. The molecule has 0 radical (unpaired) electrons. The number of carbonyl (C=O) groups is 2. The van der Waals surface area contributed by atoms with E-state index in [1.54, 1.807) is 14.2 Å². The number of nitrogens with zero attached hydrogens (tertiary/aromatic N) is 2. The van der Waals surface area contributed by atoms with Crippen LogP contribution in [0.3, 0.4) is 0 Å². The molecule has 4 rings (SSSR count). The summed E-state index contributed by atoms with van der Waals surface area (Å²) in [5.74, 6) is 0.718. The highest BCUT2D eigenvalue weighted by molar-refractivity contribution is 6.07. The zero-order valence-electron chi connectivity index (χ0n) is 19.5. The molecule has 32 heavy (non-hydrogen) atoms. The number of nitrogens with one attached hydrogen (secondary N) is 1. The molecule has 1 atom stereocenters. The lowest BCUT2D eigenvalue weighted by Crippen LogP contribution is -2.57. The third kappa shape index (κ3) is 4.24. The number of aryl methyl sites for hydroxylation is 2. The van der Waals surface area contributed by atoms with Gasteiger partial charge < -0.3 is 10.1 Å². The van der Waals surface area contributed by atoms with E-state index in [0.29, 0.717) is 6.42 Å². The quantitative estimate of drug-likeness (QED) is 0.703. The van der Waals surface area contributed by atoms with E-state index in [4.69, 9.17) is 4.74 Å². The fourth-order valence-corrected chi connectivity index (χ4v) is 5.11. The summed E-state index contributed by atoms with van der Waals surface area (Å²) in [5, 5.41) is 3.08. The summed E-state index contributed by atoms with van der Waals surface area (Å²) in [5.41, 5.74) is 4.04. The lowest BCUT2D eigenvalue weighted by atomic mass is 9.74. The molecule has 2 aliphatic heterocycles. The van der Waals surface area contributed by atoms with E-state index in [0.717, 1.165) is 43.8 Å². The number of amides is 3. The molecular formula is C26H33N3O3. The minimum absolute atomic E-state index is 0.0890. The fourth-order valence-electron chi connectivity index (χ4n) is 5.11. The number of likely N-dealkylation sites (tertiary alicyclic amines) is 1. The molecule has 2 aromatic rings. The van der Waals surface area contributed by atoms with Crippen LogP contribution in [-0.4, -0.2) is 54.5 Å². The van der Waals surface area contributed by atoms with Gasteiger partial charge in [-0.2, -0.15) is 0 Å². The Morgan fingerprint density at radius 3 is 2.41 bits per heavy atom. The maximum absolute atomic E-state index is 13.3. The van der Waals surface area contributed by atoms with E-state index < -0.39 is 5.54 Å².